The van der Waals surface area contributed by atoms with E-state index in [9.17, 15) is 9.59 Å². The molecule has 0 spiro atoms. The number of piperidine rings is 1. The highest BCUT2D eigenvalue weighted by Gasteiger charge is 2.27. The van der Waals surface area contributed by atoms with Gasteiger partial charge in [0.15, 0.2) is 5.96 Å². The summed E-state index contributed by atoms with van der Waals surface area (Å²) in [4.78, 5) is 31.3. The summed E-state index contributed by atoms with van der Waals surface area (Å²) < 4.78 is 0. The number of nitrogens with zero attached hydrogens (tertiary/aromatic N) is 3. The molecule has 0 aromatic heterocycles. The number of imide groups is 1. The van der Waals surface area contributed by atoms with Crippen molar-refractivity contribution >= 4 is 47.6 Å². The normalized spacial score (nSPS) is 18.0. The zero-order valence-electron chi connectivity index (χ0n) is 14.1. The van der Waals surface area contributed by atoms with Crippen molar-refractivity contribution < 1.29 is 9.59 Å². The minimum atomic E-state index is -0.328. The summed E-state index contributed by atoms with van der Waals surface area (Å²) in [5, 5.41) is 5.89. The average Bonchev–Trinajstić information content (AvgIpc) is 2.94. The Bertz CT molecular complexity index is 601. The number of anilines is 1. The van der Waals surface area contributed by atoms with Crippen LogP contribution in [0.25, 0.3) is 0 Å². The van der Waals surface area contributed by atoms with E-state index in [1.165, 1.54) is 11.3 Å². The largest absolute Gasteiger partial charge is 0.343 e. The number of rotatable bonds is 4. The van der Waals surface area contributed by atoms with Crippen molar-refractivity contribution in [3.8, 4) is 0 Å². The molecule has 2 aliphatic rings. The summed E-state index contributed by atoms with van der Waals surface area (Å²) in [5.41, 5.74) is 0.983. The first-order chi connectivity index (χ1) is 11.7. The third kappa shape index (κ3) is 5.32. The molecule has 8 heteroatoms. The lowest BCUT2D eigenvalue weighted by atomic mass is 10.1. The zero-order chi connectivity index (χ0) is 16.8. The molecular weight excluding hydrogens is 433 g/mol. The van der Waals surface area contributed by atoms with Gasteiger partial charge in [0.05, 0.1) is 19.6 Å². The monoisotopic (exact) mass is 457 g/mol. The Labute approximate surface area is 164 Å². The van der Waals surface area contributed by atoms with E-state index in [-0.39, 0.29) is 42.5 Å². The Balaban J connectivity index is 0.00000225. The molecule has 3 rings (SSSR count). The van der Waals surface area contributed by atoms with E-state index < -0.39 is 0 Å². The van der Waals surface area contributed by atoms with Gasteiger partial charge in [0.25, 0.3) is 0 Å². The van der Waals surface area contributed by atoms with Crippen molar-refractivity contribution in [2.45, 2.75) is 19.3 Å². The molecule has 1 aromatic carbocycles. The maximum atomic E-state index is 11.6. The fraction of sp³-hybridized carbons (Fsp3) is 0.471. The SMILES string of the molecule is I.O=C1CNC(=O)N1CCN=C(Nc1ccccc1)N1CCCCC1. The first-order valence-corrected chi connectivity index (χ1v) is 8.44. The molecule has 25 heavy (non-hydrogen) atoms. The third-order valence-electron chi connectivity index (χ3n) is 4.21. The zero-order valence-corrected chi connectivity index (χ0v) is 16.4. The first-order valence-electron chi connectivity index (χ1n) is 8.44. The van der Waals surface area contributed by atoms with Gasteiger partial charge in [-0.3, -0.25) is 14.7 Å². The number of para-hydroxylation sites is 1. The molecule has 2 heterocycles. The summed E-state index contributed by atoms with van der Waals surface area (Å²) in [7, 11) is 0. The van der Waals surface area contributed by atoms with Gasteiger partial charge in [-0.05, 0) is 31.4 Å². The fourth-order valence-electron chi connectivity index (χ4n) is 2.91. The van der Waals surface area contributed by atoms with Crippen molar-refractivity contribution in [1.29, 1.82) is 0 Å². The maximum Gasteiger partial charge on any atom is 0.324 e. The predicted octanol–water partition coefficient (Wildman–Crippen LogP) is 2.11. The van der Waals surface area contributed by atoms with Crippen LogP contribution in [0.15, 0.2) is 35.3 Å². The van der Waals surface area contributed by atoms with Crippen LogP contribution in [0.1, 0.15) is 19.3 Å². The maximum absolute atomic E-state index is 11.6. The number of carbonyl (C=O) groups is 2. The standard InChI is InChI=1S/C17H23N5O2.HI/c23-15-13-19-17(24)22(15)12-9-18-16(21-10-5-2-6-11-21)20-14-7-3-1-4-8-14;/h1,3-4,7-8H,2,5-6,9-13H2,(H,18,20)(H,19,24);1H. The van der Waals surface area contributed by atoms with Crippen LogP contribution >= 0.6 is 24.0 Å². The smallest absolute Gasteiger partial charge is 0.324 e. The van der Waals surface area contributed by atoms with Crippen molar-refractivity contribution in [1.82, 2.24) is 15.1 Å². The topological polar surface area (TPSA) is 77.0 Å². The summed E-state index contributed by atoms with van der Waals surface area (Å²) in [6, 6.07) is 9.59. The van der Waals surface area contributed by atoms with Gasteiger partial charge in [0.2, 0.25) is 5.91 Å². The van der Waals surface area contributed by atoms with Crippen molar-refractivity contribution in [3.05, 3.63) is 30.3 Å². The number of urea groups is 1. The lowest BCUT2D eigenvalue weighted by molar-refractivity contribution is -0.124. The molecular formula is C17H24IN5O2. The molecule has 7 nitrogen and oxygen atoms in total. The Hall–Kier alpha value is -1.84. The van der Waals surface area contributed by atoms with E-state index >= 15 is 0 Å². The van der Waals surface area contributed by atoms with Gasteiger partial charge in [-0.25, -0.2) is 4.79 Å². The molecule has 0 radical (unpaired) electrons. The number of hydrogen-bond donors (Lipinski definition) is 2. The van der Waals surface area contributed by atoms with Gasteiger partial charge in [-0.2, -0.15) is 0 Å². The van der Waals surface area contributed by atoms with Gasteiger partial charge in [0, 0.05) is 18.8 Å². The lowest BCUT2D eigenvalue weighted by Gasteiger charge is -2.30. The van der Waals surface area contributed by atoms with Crippen molar-refractivity contribution in [3.63, 3.8) is 0 Å². The van der Waals surface area contributed by atoms with Gasteiger partial charge in [0.1, 0.15) is 0 Å². The molecule has 2 N–H and O–H groups in total. The van der Waals surface area contributed by atoms with Crippen molar-refractivity contribution in [2.75, 3.05) is 38.0 Å². The third-order valence-corrected chi connectivity index (χ3v) is 4.21. The van der Waals surface area contributed by atoms with Crippen LogP contribution in [-0.2, 0) is 4.79 Å². The summed E-state index contributed by atoms with van der Waals surface area (Å²) >= 11 is 0. The number of carbonyl (C=O) groups excluding carboxylic acids is 2. The quantitative estimate of drug-likeness (QED) is 0.314. The highest BCUT2D eigenvalue weighted by atomic mass is 127. The van der Waals surface area contributed by atoms with Gasteiger partial charge < -0.3 is 15.5 Å². The molecule has 0 saturated carbocycles. The molecule has 2 fully saturated rings. The van der Waals surface area contributed by atoms with Crippen LogP contribution in [0.2, 0.25) is 0 Å². The Morgan fingerprint density at radius 2 is 1.84 bits per heavy atom. The number of hydrogen-bond acceptors (Lipinski definition) is 3. The van der Waals surface area contributed by atoms with Crippen LogP contribution in [0, 0.1) is 0 Å². The molecule has 3 amide bonds. The van der Waals surface area contributed by atoms with Crippen LogP contribution in [0.5, 0.6) is 0 Å². The van der Waals surface area contributed by atoms with Crippen molar-refractivity contribution in [2.24, 2.45) is 4.99 Å². The minimum Gasteiger partial charge on any atom is -0.343 e. The molecule has 0 unspecified atom stereocenters. The van der Waals surface area contributed by atoms with Crippen LogP contribution < -0.4 is 10.6 Å². The summed E-state index contributed by atoms with van der Waals surface area (Å²) in [6.07, 6.45) is 3.56. The van der Waals surface area contributed by atoms with Crippen LogP contribution in [0.4, 0.5) is 10.5 Å². The van der Waals surface area contributed by atoms with E-state index in [1.54, 1.807) is 0 Å². The highest BCUT2D eigenvalue weighted by molar-refractivity contribution is 14.0. The van der Waals surface area contributed by atoms with Gasteiger partial charge in [-0.1, -0.05) is 18.2 Å². The van der Waals surface area contributed by atoms with Crippen LogP contribution in [0.3, 0.4) is 0 Å². The molecule has 2 saturated heterocycles. The second kappa shape index (κ2) is 9.59. The minimum absolute atomic E-state index is 0. The van der Waals surface area contributed by atoms with E-state index in [2.05, 4.69) is 20.5 Å². The van der Waals surface area contributed by atoms with Gasteiger partial charge in [-0.15, -0.1) is 24.0 Å². The fourth-order valence-corrected chi connectivity index (χ4v) is 2.91. The highest BCUT2D eigenvalue weighted by Crippen LogP contribution is 2.12. The molecule has 0 aliphatic carbocycles. The Kier molecular flexibility index (Phi) is 7.48. The van der Waals surface area contributed by atoms with E-state index in [4.69, 9.17) is 0 Å². The summed E-state index contributed by atoms with van der Waals surface area (Å²) in [6.45, 7) is 2.73. The second-order valence-corrected chi connectivity index (χ2v) is 5.95. The number of aliphatic imine (C=N–C) groups is 1. The molecule has 1 aromatic rings. The Morgan fingerprint density at radius 1 is 1.12 bits per heavy atom. The number of halogens is 1. The Morgan fingerprint density at radius 3 is 2.48 bits per heavy atom. The number of amides is 3. The molecule has 136 valence electrons. The number of benzene rings is 1. The molecule has 0 bridgehead atoms. The number of nitrogens with one attached hydrogen (secondary N) is 2. The second-order valence-electron chi connectivity index (χ2n) is 5.95. The average molecular weight is 457 g/mol. The van der Waals surface area contributed by atoms with Gasteiger partial charge >= 0.3 is 6.03 Å². The van der Waals surface area contributed by atoms with E-state index in [1.807, 2.05) is 30.3 Å². The van der Waals surface area contributed by atoms with Crippen LogP contribution in [-0.4, -0.2) is 60.4 Å². The predicted molar refractivity (Wildman–Crippen MR) is 108 cm³/mol. The molecule has 2 aliphatic heterocycles. The van der Waals surface area contributed by atoms with E-state index in [0.717, 1.165) is 37.6 Å². The molecule has 0 atom stereocenters. The first kappa shape index (κ1) is 19.5. The number of likely N-dealkylation sites (tertiary alicyclic amines) is 1. The van der Waals surface area contributed by atoms with E-state index in [0.29, 0.717) is 13.1 Å². The summed E-state index contributed by atoms with van der Waals surface area (Å²) in [5.74, 6) is 0.624. The lowest BCUT2D eigenvalue weighted by Crippen LogP contribution is -2.41. The number of guanidine groups is 1.